The Morgan fingerprint density at radius 3 is 2.47 bits per heavy atom. The monoisotopic (exact) mass is 428 g/mol. The van der Waals surface area contributed by atoms with Gasteiger partial charge in [0.2, 0.25) is 5.91 Å². The first kappa shape index (κ1) is 20.7. The van der Waals surface area contributed by atoms with E-state index in [4.69, 9.17) is 10.5 Å². The van der Waals surface area contributed by atoms with Crippen molar-refractivity contribution >= 4 is 33.8 Å². The molecule has 160 valence electrons. The maximum absolute atomic E-state index is 12.7. The first-order valence-electron chi connectivity index (χ1n) is 10.4. The smallest absolute Gasteiger partial charge is 0.251 e. The fourth-order valence-corrected chi connectivity index (χ4v) is 5.55. The van der Waals surface area contributed by atoms with Crippen molar-refractivity contribution in [3.05, 3.63) is 40.3 Å². The average molecular weight is 429 g/mol. The Kier molecular flexibility index (Phi) is 6.24. The number of nitrogens with two attached hydrogens (primary N) is 1. The molecule has 1 aromatic heterocycles. The molecule has 0 saturated carbocycles. The average Bonchev–Trinajstić information content (AvgIpc) is 3.12. The Bertz CT molecular complexity index is 917. The third kappa shape index (κ3) is 4.44. The lowest BCUT2D eigenvalue weighted by Crippen LogP contribution is -2.48. The van der Waals surface area contributed by atoms with Crippen LogP contribution in [0.3, 0.4) is 0 Å². The number of ether oxygens (including phenoxy) is 1. The summed E-state index contributed by atoms with van der Waals surface area (Å²) >= 11 is 1.51. The molecule has 1 fully saturated rings. The van der Waals surface area contributed by atoms with Gasteiger partial charge in [-0.3, -0.25) is 14.5 Å². The summed E-state index contributed by atoms with van der Waals surface area (Å²) in [6, 6.07) is 8.05. The predicted octanol–water partition coefficient (Wildman–Crippen LogP) is 2.50. The van der Waals surface area contributed by atoms with E-state index in [1.165, 1.54) is 16.2 Å². The third-order valence-corrected chi connectivity index (χ3v) is 7.05. The molecule has 7 nitrogen and oxygen atoms in total. The van der Waals surface area contributed by atoms with Crippen molar-refractivity contribution < 1.29 is 14.3 Å². The van der Waals surface area contributed by atoms with Crippen LogP contribution >= 0.6 is 11.3 Å². The first-order chi connectivity index (χ1) is 14.5. The van der Waals surface area contributed by atoms with Gasteiger partial charge in [0.05, 0.1) is 19.2 Å². The summed E-state index contributed by atoms with van der Waals surface area (Å²) in [5.74, 6) is 0.312. The second-order valence-electron chi connectivity index (χ2n) is 7.79. The van der Waals surface area contributed by atoms with E-state index in [1.807, 2.05) is 12.1 Å². The third-order valence-electron chi connectivity index (χ3n) is 5.85. The lowest BCUT2D eigenvalue weighted by atomic mass is 9.95. The fourth-order valence-electron chi connectivity index (χ4n) is 4.24. The molecule has 0 bridgehead atoms. The molecule has 2 aromatic rings. The van der Waals surface area contributed by atoms with Crippen LogP contribution in [0, 0.1) is 0 Å². The number of hydrogen-bond acceptors (Lipinski definition) is 6. The zero-order valence-corrected chi connectivity index (χ0v) is 18.1. The van der Waals surface area contributed by atoms with E-state index in [0.29, 0.717) is 17.1 Å². The first-order valence-corrected chi connectivity index (χ1v) is 11.2. The van der Waals surface area contributed by atoms with E-state index in [0.717, 1.165) is 68.9 Å². The van der Waals surface area contributed by atoms with E-state index in [2.05, 4.69) is 27.2 Å². The number of carbonyl (C=O) groups is 2. The number of anilines is 2. The highest BCUT2D eigenvalue weighted by Gasteiger charge is 2.26. The highest BCUT2D eigenvalue weighted by Crippen LogP contribution is 2.37. The zero-order chi connectivity index (χ0) is 21.1. The van der Waals surface area contributed by atoms with Gasteiger partial charge in [-0.05, 0) is 55.5 Å². The van der Waals surface area contributed by atoms with Crippen molar-refractivity contribution in [3.8, 4) is 5.75 Å². The summed E-state index contributed by atoms with van der Waals surface area (Å²) in [6.45, 7) is 3.65. The molecule has 1 saturated heterocycles. The Morgan fingerprint density at radius 1 is 1.10 bits per heavy atom. The maximum Gasteiger partial charge on any atom is 0.251 e. The minimum Gasteiger partial charge on any atom is -0.497 e. The standard InChI is InChI=1S/C22H28N4O3S/c1-29-16-8-6-15(7-9-16)26-12-10-25(11-13-26)14-19(27)24-22-20(21(23)28)17-4-2-3-5-18(17)30-22/h6-9H,2-5,10-14H2,1H3,(H2,23,28)(H,24,27). The number of hydrogen-bond donors (Lipinski definition) is 2. The number of benzene rings is 1. The molecule has 30 heavy (non-hydrogen) atoms. The molecule has 0 radical (unpaired) electrons. The van der Waals surface area contributed by atoms with Crippen LogP contribution in [0.25, 0.3) is 0 Å². The van der Waals surface area contributed by atoms with Crippen LogP contribution in [0.5, 0.6) is 5.75 Å². The summed E-state index contributed by atoms with van der Waals surface area (Å²) in [5.41, 5.74) is 8.35. The molecule has 4 rings (SSSR count). The molecule has 2 amide bonds. The van der Waals surface area contributed by atoms with Gasteiger partial charge in [-0.1, -0.05) is 0 Å². The van der Waals surface area contributed by atoms with Crippen LogP contribution in [0.1, 0.15) is 33.6 Å². The molecule has 0 atom stereocenters. The number of piperazine rings is 1. The quantitative estimate of drug-likeness (QED) is 0.738. The Labute approximate surface area is 180 Å². The van der Waals surface area contributed by atoms with Crippen molar-refractivity contribution in [2.75, 3.05) is 50.1 Å². The lowest BCUT2D eigenvalue weighted by Gasteiger charge is -2.35. The number of fused-ring (bicyclic) bond motifs is 1. The van der Waals surface area contributed by atoms with E-state index in [9.17, 15) is 9.59 Å². The van der Waals surface area contributed by atoms with Gasteiger partial charge in [0.15, 0.2) is 0 Å². The van der Waals surface area contributed by atoms with E-state index in [-0.39, 0.29) is 5.91 Å². The van der Waals surface area contributed by atoms with Crippen molar-refractivity contribution in [2.45, 2.75) is 25.7 Å². The van der Waals surface area contributed by atoms with Gasteiger partial charge in [-0.15, -0.1) is 11.3 Å². The molecule has 2 aliphatic rings. The Morgan fingerprint density at radius 2 is 1.80 bits per heavy atom. The number of aryl methyl sites for hydroxylation is 1. The summed E-state index contributed by atoms with van der Waals surface area (Å²) in [5, 5.41) is 3.58. The maximum atomic E-state index is 12.7. The number of nitrogens with zero attached hydrogens (tertiary/aromatic N) is 2. The van der Waals surface area contributed by atoms with Gasteiger partial charge in [-0.2, -0.15) is 0 Å². The molecule has 3 N–H and O–H groups in total. The van der Waals surface area contributed by atoms with Gasteiger partial charge in [-0.25, -0.2) is 0 Å². The predicted molar refractivity (Wildman–Crippen MR) is 120 cm³/mol. The van der Waals surface area contributed by atoms with Gasteiger partial charge >= 0.3 is 0 Å². The van der Waals surface area contributed by atoms with Crippen LogP contribution in [0.4, 0.5) is 10.7 Å². The highest BCUT2D eigenvalue weighted by atomic mass is 32.1. The van der Waals surface area contributed by atoms with Crippen LogP contribution in [-0.2, 0) is 17.6 Å². The summed E-state index contributed by atoms with van der Waals surface area (Å²) in [6.07, 6.45) is 4.02. The molecule has 2 heterocycles. The molecule has 1 aromatic carbocycles. The van der Waals surface area contributed by atoms with E-state index in [1.54, 1.807) is 7.11 Å². The van der Waals surface area contributed by atoms with Crippen molar-refractivity contribution in [1.29, 1.82) is 0 Å². The highest BCUT2D eigenvalue weighted by molar-refractivity contribution is 7.17. The minimum atomic E-state index is -0.446. The number of thiophene rings is 1. The number of methoxy groups -OCH3 is 1. The molecule has 1 aliphatic carbocycles. The second-order valence-corrected chi connectivity index (χ2v) is 8.89. The van der Waals surface area contributed by atoms with Gasteiger partial charge in [0.25, 0.3) is 5.91 Å². The van der Waals surface area contributed by atoms with Crippen molar-refractivity contribution in [2.24, 2.45) is 5.73 Å². The number of rotatable bonds is 6. The van der Waals surface area contributed by atoms with Crippen molar-refractivity contribution in [1.82, 2.24) is 4.90 Å². The number of primary amides is 1. The molecule has 0 unspecified atom stereocenters. The van der Waals surface area contributed by atoms with Gasteiger partial charge in [0, 0.05) is 36.7 Å². The minimum absolute atomic E-state index is 0.0889. The Balaban J connectivity index is 1.33. The lowest BCUT2D eigenvalue weighted by molar-refractivity contribution is -0.117. The van der Waals surface area contributed by atoms with Gasteiger partial charge < -0.3 is 20.7 Å². The second kappa shape index (κ2) is 9.06. The molecular formula is C22H28N4O3S. The number of nitrogens with one attached hydrogen (secondary N) is 1. The molecule has 0 spiro atoms. The zero-order valence-electron chi connectivity index (χ0n) is 17.3. The van der Waals surface area contributed by atoms with Gasteiger partial charge in [0.1, 0.15) is 10.8 Å². The molecule has 8 heteroatoms. The summed E-state index contributed by atoms with van der Waals surface area (Å²) in [4.78, 5) is 30.3. The summed E-state index contributed by atoms with van der Waals surface area (Å²) in [7, 11) is 1.66. The van der Waals surface area contributed by atoms with Crippen LogP contribution < -0.4 is 20.7 Å². The summed E-state index contributed by atoms with van der Waals surface area (Å²) < 4.78 is 5.22. The van der Waals surface area contributed by atoms with Crippen molar-refractivity contribution in [3.63, 3.8) is 0 Å². The van der Waals surface area contributed by atoms with Crippen LogP contribution in [0.2, 0.25) is 0 Å². The normalized spacial score (nSPS) is 16.8. The largest absolute Gasteiger partial charge is 0.497 e. The number of carbonyl (C=O) groups excluding carboxylic acids is 2. The fraction of sp³-hybridized carbons (Fsp3) is 0.455. The number of amides is 2. The molecule has 1 aliphatic heterocycles. The molecular weight excluding hydrogens is 400 g/mol. The van der Waals surface area contributed by atoms with E-state index < -0.39 is 5.91 Å². The Hall–Kier alpha value is -2.58. The van der Waals surface area contributed by atoms with E-state index >= 15 is 0 Å². The SMILES string of the molecule is COc1ccc(N2CCN(CC(=O)Nc3sc4c(c3C(N)=O)CCCC4)CC2)cc1. The topological polar surface area (TPSA) is 87.9 Å². The van der Waals surface area contributed by atoms with Crippen LogP contribution in [0.15, 0.2) is 24.3 Å². The van der Waals surface area contributed by atoms with Crippen LogP contribution in [-0.4, -0.2) is 56.5 Å².